The van der Waals surface area contributed by atoms with E-state index in [-0.39, 0.29) is 11.6 Å². The summed E-state index contributed by atoms with van der Waals surface area (Å²) in [5.74, 6) is -0.118. The zero-order valence-corrected chi connectivity index (χ0v) is 12.9. The minimum Gasteiger partial charge on any atom is -0.494 e. The average molecular weight is 299 g/mol. The van der Waals surface area contributed by atoms with Crippen molar-refractivity contribution in [1.82, 2.24) is 14.8 Å². The number of hydrogen-bond acceptors (Lipinski definition) is 2. The maximum Gasteiger partial charge on any atom is 0.172 e. The van der Waals surface area contributed by atoms with Crippen molar-refractivity contribution in [1.29, 1.82) is 0 Å². The molecule has 0 amide bonds. The third-order valence-electron chi connectivity index (χ3n) is 3.76. The van der Waals surface area contributed by atoms with Crippen LogP contribution in [0.25, 0.3) is 22.4 Å². The Labute approximate surface area is 128 Å². The predicted octanol–water partition coefficient (Wildman–Crippen LogP) is 3.79. The van der Waals surface area contributed by atoms with E-state index in [0.29, 0.717) is 5.56 Å². The van der Waals surface area contributed by atoms with Crippen LogP contribution in [-0.2, 0) is 13.5 Å². The molecule has 0 fully saturated rings. The van der Waals surface area contributed by atoms with E-state index in [1.807, 2.05) is 25.5 Å². The zero-order valence-electron chi connectivity index (χ0n) is 12.9. The summed E-state index contributed by atoms with van der Waals surface area (Å²) < 4.78 is 21.4. The number of ether oxygens (including phenoxy) is 1. The van der Waals surface area contributed by atoms with Crippen LogP contribution in [0, 0.1) is 5.82 Å². The van der Waals surface area contributed by atoms with E-state index in [1.165, 1.54) is 7.11 Å². The molecule has 114 valence electrons. The second kappa shape index (κ2) is 5.67. The molecule has 1 aromatic carbocycles. The molecule has 2 heterocycles. The predicted molar refractivity (Wildman–Crippen MR) is 84.3 cm³/mol. The third-order valence-corrected chi connectivity index (χ3v) is 3.76. The van der Waals surface area contributed by atoms with E-state index in [9.17, 15) is 4.39 Å². The lowest BCUT2D eigenvalue weighted by molar-refractivity contribution is 0.387. The van der Waals surface area contributed by atoms with E-state index in [4.69, 9.17) is 4.74 Å². The van der Waals surface area contributed by atoms with Crippen molar-refractivity contribution in [3.8, 4) is 28.1 Å². The molecule has 1 N–H and O–H groups in total. The number of aromatic nitrogens is 3. The Morgan fingerprint density at radius 3 is 2.73 bits per heavy atom. The van der Waals surface area contributed by atoms with Gasteiger partial charge in [-0.05, 0) is 18.6 Å². The lowest BCUT2D eigenvalue weighted by Gasteiger charge is -2.08. The van der Waals surface area contributed by atoms with E-state index >= 15 is 0 Å². The van der Waals surface area contributed by atoms with Gasteiger partial charge in [-0.15, -0.1) is 0 Å². The molecule has 2 aromatic heterocycles. The number of halogens is 1. The molecular formula is C17H18FN3O. The molecule has 0 atom stereocenters. The van der Waals surface area contributed by atoms with Crippen molar-refractivity contribution in [2.24, 2.45) is 7.05 Å². The Balaban J connectivity index is 2.23. The number of nitrogens with one attached hydrogen (secondary N) is 1. The first-order chi connectivity index (χ1) is 10.7. The number of rotatable bonds is 4. The molecule has 0 saturated heterocycles. The van der Waals surface area contributed by atoms with Crippen molar-refractivity contribution >= 4 is 0 Å². The minimum atomic E-state index is -0.358. The Morgan fingerprint density at radius 1 is 1.27 bits per heavy atom. The number of H-pyrrole nitrogens is 1. The first-order valence-corrected chi connectivity index (χ1v) is 7.18. The molecule has 0 spiro atoms. The van der Waals surface area contributed by atoms with Gasteiger partial charge in [0.15, 0.2) is 11.6 Å². The van der Waals surface area contributed by atoms with Crippen LogP contribution in [0.2, 0.25) is 0 Å². The van der Waals surface area contributed by atoms with Gasteiger partial charge < -0.3 is 9.72 Å². The molecule has 0 aliphatic heterocycles. The van der Waals surface area contributed by atoms with Crippen LogP contribution in [0.3, 0.4) is 0 Å². The van der Waals surface area contributed by atoms with Crippen molar-refractivity contribution in [3.63, 3.8) is 0 Å². The second-order valence-electron chi connectivity index (χ2n) is 5.11. The van der Waals surface area contributed by atoms with Gasteiger partial charge in [0, 0.05) is 41.8 Å². The minimum absolute atomic E-state index is 0.240. The molecule has 0 saturated carbocycles. The molecule has 0 aliphatic rings. The summed E-state index contributed by atoms with van der Waals surface area (Å²) >= 11 is 0. The fourth-order valence-electron chi connectivity index (χ4n) is 2.67. The summed E-state index contributed by atoms with van der Waals surface area (Å²) in [6.07, 6.45) is 4.53. The monoisotopic (exact) mass is 299 g/mol. The first-order valence-electron chi connectivity index (χ1n) is 7.18. The van der Waals surface area contributed by atoms with Crippen molar-refractivity contribution in [2.45, 2.75) is 13.3 Å². The highest BCUT2D eigenvalue weighted by Crippen LogP contribution is 2.37. The Hall–Kier alpha value is -2.56. The number of aryl methyl sites for hydroxylation is 2. The maximum atomic E-state index is 14.6. The first kappa shape index (κ1) is 14.4. The smallest absolute Gasteiger partial charge is 0.172 e. The van der Waals surface area contributed by atoms with Crippen molar-refractivity contribution in [3.05, 3.63) is 48.2 Å². The Kier molecular flexibility index (Phi) is 3.71. The average Bonchev–Trinajstić information content (AvgIpc) is 3.13. The fraction of sp³-hybridized carbons (Fsp3) is 0.235. The quantitative estimate of drug-likeness (QED) is 0.796. The lowest BCUT2D eigenvalue weighted by atomic mass is 9.99. The summed E-state index contributed by atoms with van der Waals surface area (Å²) in [7, 11) is 3.34. The van der Waals surface area contributed by atoms with Gasteiger partial charge in [0.05, 0.1) is 12.8 Å². The molecule has 22 heavy (non-hydrogen) atoms. The van der Waals surface area contributed by atoms with Crippen LogP contribution in [-0.4, -0.2) is 21.9 Å². The summed E-state index contributed by atoms with van der Waals surface area (Å²) in [5, 5.41) is 4.46. The van der Waals surface area contributed by atoms with Crippen LogP contribution in [0.5, 0.6) is 5.75 Å². The van der Waals surface area contributed by atoms with Gasteiger partial charge in [-0.25, -0.2) is 4.39 Å². The third kappa shape index (κ3) is 2.28. The van der Waals surface area contributed by atoms with Crippen LogP contribution in [0.15, 0.2) is 36.7 Å². The van der Waals surface area contributed by atoms with Gasteiger partial charge in [-0.1, -0.05) is 19.1 Å². The fourth-order valence-corrected chi connectivity index (χ4v) is 2.67. The van der Waals surface area contributed by atoms with Crippen LogP contribution < -0.4 is 4.74 Å². The SMILES string of the molecule is CCc1[nH]cc(-c2cccc(OC)c2F)c1-c1ccn(C)n1. The molecule has 0 bridgehead atoms. The molecule has 0 unspecified atom stereocenters. The van der Waals surface area contributed by atoms with Gasteiger partial charge in [-0.2, -0.15) is 5.10 Å². The topological polar surface area (TPSA) is 42.8 Å². The molecule has 3 rings (SSSR count). The molecule has 4 nitrogen and oxygen atoms in total. The molecule has 0 aliphatic carbocycles. The van der Waals surface area contributed by atoms with Crippen LogP contribution in [0.4, 0.5) is 4.39 Å². The summed E-state index contributed by atoms with van der Waals surface area (Å²) in [4.78, 5) is 3.24. The van der Waals surface area contributed by atoms with Gasteiger partial charge in [0.25, 0.3) is 0 Å². The highest BCUT2D eigenvalue weighted by Gasteiger charge is 2.19. The van der Waals surface area contributed by atoms with Gasteiger partial charge >= 0.3 is 0 Å². The van der Waals surface area contributed by atoms with Crippen molar-refractivity contribution in [2.75, 3.05) is 7.11 Å². The number of methoxy groups -OCH3 is 1. The van der Waals surface area contributed by atoms with Crippen molar-refractivity contribution < 1.29 is 9.13 Å². The van der Waals surface area contributed by atoms with E-state index in [2.05, 4.69) is 17.0 Å². The van der Waals surface area contributed by atoms with Crippen LogP contribution in [0.1, 0.15) is 12.6 Å². The highest BCUT2D eigenvalue weighted by atomic mass is 19.1. The van der Waals surface area contributed by atoms with Gasteiger partial charge in [-0.3, -0.25) is 4.68 Å². The normalized spacial score (nSPS) is 10.9. The molecule has 5 heteroatoms. The molecule has 3 aromatic rings. The number of benzene rings is 1. The van der Waals surface area contributed by atoms with E-state index in [1.54, 1.807) is 22.9 Å². The van der Waals surface area contributed by atoms with E-state index in [0.717, 1.165) is 28.9 Å². The van der Waals surface area contributed by atoms with E-state index < -0.39 is 0 Å². The summed E-state index contributed by atoms with van der Waals surface area (Å²) in [5.41, 5.74) is 4.12. The Bertz CT molecular complexity index is 804. The van der Waals surface area contributed by atoms with Gasteiger partial charge in [0.2, 0.25) is 0 Å². The second-order valence-corrected chi connectivity index (χ2v) is 5.11. The largest absolute Gasteiger partial charge is 0.494 e. The number of aromatic amines is 1. The molecule has 0 radical (unpaired) electrons. The Morgan fingerprint density at radius 2 is 2.09 bits per heavy atom. The van der Waals surface area contributed by atoms with Crippen LogP contribution >= 0.6 is 0 Å². The summed E-state index contributed by atoms with van der Waals surface area (Å²) in [6, 6.07) is 7.10. The maximum absolute atomic E-state index is 14.6. The number of nitrogens with zero attached hydrogens (tertiary/aromatic N) is 2. The van der Waals surface area contributed by atoms with Gasteiger partial charge in [0.1, 0.15) is 0 Å². The number of hydrogen-bond donors (Lipinski definition) is 1. The zero-order chi connectivity index (χ0) is 15.7. The lowest BCUT2D eigenvalue weighted by Crippen LogP contribution is -1.94. The highest BCUT2D eigenvalue weighted by molar-refractivity contribution is 5.84. The summed E-state index contributed by atoms with van der Waals surface area (Å²) in [6.45, 7) is 2.06. The molecular weight excluding hydrogens is 281 g/mol. The standard InChI is InChI=1S/C17H18FN3O/c1-4-13-16(14-8-9-21(2)20-14)12(10-19-13)11-6-5-7-15(22-3)17(11)18/h5-10,19H,4H2,1-3H3.